The molecule has 172 valence electrons. The maximum atomic E-state index is 12.6. The summed E-state index contributed by atoms with van der Waals surface area (Å²) in [5.74, 6) is -1.48. The first kappa shape index (κ1) is 23.8. The van der Waals surface area contributed by atoms with Crippen molar-refractivity contribution in [3.63, 3.8) is 0 Å². The first-order valence-electron chi connectivity index (χ1n) is 9.73. The summed E-state index contributed by atoms with van der Waals surface area (Å²) in [4.78, 5) is 39.5. The molecule has 33 heavy (non-hydrogen) atoms. The Labute approximate surface area is 192 Å². The number of nitrogens with zero attached hydrogens (tertiary/aromatic N) is 3. The van der Waals surface area contributed by atoms with Crippen molar-refractivity contribution in [2.75, 3.05) is 32.2 Å². The number of aromatic nitrogens is 3. The molecule has 12 heteroatoms. The van der Waals surface area contributed by atoms with Crippen LogP contribution in [0.4, 0.5) is 5.69 Å². The molecule has 3 N–H and O–H groups in total. The van der Waals surface area contributed by atoms with Crippen molar-refractivity contribution in [1.29, 1.82) is 0 Å². The summed E-state index contributed by atoms with van der Waals surface area (Å²) in [7, 11) is 1.56. The van der Waals surface area contributed by atoms with E-state index in [0.717, 1.165) is 0 Å². The topological polar surface area (TPSA) is 153 Å². The highest BCUT2D eigenvalue weighted by Crippen LogP contribution is 2.33. The van der Waals surface area contributed by atoms with E-state index in [-0.39, 0.29) is 12.3 Å². The molecule has 0 aliphatic heterocycles. The van der Waals surface area contributed by atoms with Crippen LogP contribution in [0.25, 0.3) is 10.6 Å². The predicted molar refractivity (Wildman–Crippen MR) is 119 cm³/mol. The van der Waals surface area contributed by atoms with E-state index in [2.05, 4.69) is 25.8 Å². The molecule has 0 saturated heterocycles. The number of thiazole rings is 1. The number of benzene rings is 1. The van der Waals surface area contributed by atoms with Crippen molar-refractivity contribution in [3.05, 3.63) is 53.3 Å². The van der Waals surface area contributed by atoms with Crippen LogP contribution in [0.5, 0.6) is 5.75 Å². The molecule has 2 heterocycles. The van der Waals surface area contributed by atoms with Gasteiger partial charge in [0, 0.05) is 18.1 Å². The molecule has 3 rings (SSSR count). The Balaban J connectivity index is 1.79. The normalized spacial score (nSPS) is 10.5. The highest BCUT2D eigenvalue weighted by molar-refractivity contribution is 7.13. The second-order valence-corrected chi connectivity index (χ2v) is 7.49. The van der Waals surface area contributed by atoms with Gasteiger partial charge < -0.3 is 25.2 Å². The van der Waals surface area contributed by atoms with Crippen molar-refractivity contribution >= 4 is 34.8 Å². The maximum Gasteiger partial charge on any atom is 0.322 e. The summed E-state index contributed by atoms with van der Waals surface area (Å²) in [5, 5.41) is 23.5. The predicted octanol–water partition coefficient (Wildman–Crippen LogP) is 1.62. The fraction of sp³-hybridized carbons (Fsp3) is 0.238. The molecule has 0 fully saturated rings. The molecule has 0 bridgehead atoms. The lowest BCUT2D eigenvalue weighted by Crippen LogP contribution is -2.30. The van der Waals surface area contributed by atoms with Crippen LogP contribution < -0.4 is 15.4 Å². The zero-order valence-corrected chi connectivity index (χ0v) is 18.4. The van der Waals surface area contributed by atoms with E-state index in [0.29, 0.717) is 46.5 Å². The minimum absolute atomic E-state index is 0.0410. The number of rotatable bonds is 11. The number of methoxy groups -OCH3 is 1. The lowest BCUT2D eigenvalue weighted by atomic mass is 10.1. The third-order valence-corrected chi connectivity index (χ3v) is 5.14. The molecule has 2 amide bonds. The molecule has 0 aliphatic carbocycles. The van der Waals surface area contributed by atoms with Crippen LogP contribution in [0.15, 0.2) is 42.0 Å². The van der Waals surface area contributed by atoms with Crippen LogP contribution in [-0.2, 0) is 20.7 Å². The van der Waals surface area contributed by atoms with E-state index in [9.17, 15) is 14.4 Å². The number of aliphatic carboxylic acids is 1. The zero-order chi connectivity index (χ0) is 23.6. The first-order valence-corrected chi connectivity index (χ1v) is 10.6. The fourth-order valence-corrected chi connectivity index (χ4v) is 3.48. The van der Waals surface area contributed by atoms with Gasteiger partial charge in [0.15, 0.2) is 0 Å². The fourth-order valence-electron chi connectivity index (χ4n) is 2.66. The molecule has 0 radical (unpaired) electrons. The highest BCUT2D eigenvalue weighted by Gasteiger charge is 2.15. The summed E-state index contributed by atoms with van der Waals surface area (Å²) < 4.78 is 10.7. The molecule has 0 spiro atoms. The quantitative estimate of drug-likeness (QED) is 0.354. The highest BCUT2D eigenvalue weighted by atomic mass is 32.1. The average molecular weight is 471 g/mol. The van der Waals surface area contributed by atoms with Crippen molar-refractivity contribution < 1.29 is 29.0 Å². The Kier molecular flexibility index (Phi) is 8.38. The van der Waals surface area contributed by atoms with Crippen LogP contribution in [0.1, 0.15) is 16.1 Å². The third-order valence-electron chi connectivity index (χ3n) is 4.20. The van der Waals surface area contributed by atoms with Gasteiger partial charge in [-0.15, -0.1) is 11.3 Å². The van der Waals surface area contributed by atoms with Crippen LogP contribution in [-0.4, -0.2) is 64.9 Å². The molecule has 0 saturated carbocycles. The number of hydrogen-bond donors (Lipinski definition) is 3. The molecule has 2 aromatic heterocycles. The summed E-state index contributed by atoms with van der Waals surface area (Å²) in [5.41, 5.74) is 1.98. The van der Waals surface area contributed by atoms with Gasteiger partial charge in [-0.2, -0.15) is 10.2 Å². The van der Waals surface area contributed by atoms with Crippen molar-refractivity contribution in [2.24, 2.45) is 0 Å². The Morgan fingerprint density at radius 2 is 2.00 bits per heavy atom. The average Bonchev–Trinajstić information content (AvgIpc) is 3.27. The number of ether oxygens (including phenoxy) is 2. The summed E-state index contributed by atoms with van der Waals surface area (Å²) in [6.45, 7) is 0.224. The van der Waals surface area contributed by atoms with Gasteiger partial charge >= 0.3 is 5.97 Å². The summed E-state index contributed by atoms with van der Waals surface area (Å²) in [6.07, 6.45) is 2.73. The van der Waals surface area contributed by atoms with Crippen molar-refractivity contribution in [1.82, 2.24) is 20.5 Å². The zero-order valence-electron chi connectivity index (χ0n) is 17.6. The lowest BCUT2D eigenvalue weighted by Gasteiger charge is -2.13. The van der Waals surface area contributed by atoms with Gasteiger partial charge in [0.1, 0.15) is 23.9 Å². The van der Waals surface area contributed by atoms with Crippen LogP contribution >= 0.6 is 11.3 Å². The molecule has 1 aromatic carbocycles. The van der Waals surface area contributed by atoms with E-state index in [1.807, 2.05) is 0 Å². The maximum absolute atomic E-state index is 12.6. The standard InChI is InChI=1S/C21H21N5O6S/c1-31-6-7-32-17-3-2-13(8-16(17)26-20(30)14-4-5-23-24-10-14)21-25-15(12-33-21)9-18(27)22-11-19(28)29/h2-5,8,10,12H,6-7,9,11H2,1H3,(H,22,27)(H,26,30)(H,28,29). The number of carbonyl (C=O) groups is 3. The summed E-state index contributed by atoms with van der Waals surface area (Å²) >= 11 is 1.32. The Bertz CT molecular complexity index is 1120. The first-order chi connectivity index (χ1) is 16.0. The molecule has 0 unspecified atom stereocenters. The van der Waals surface area contributed by atoms with Gasteiger partial charge in [0.05, 0.1) is 42.4 Å². The van der Waals surface area contributed by atoms with E-state index < -0.39 is 18.4 Å². The number of anilines is 1. The minimum Gasteiger partial charge on any atom is -0.489 e. The van der Waals surface area contributed by atoms with Gasteiger partial charge in [-0.1, -0.05) is 0 Å². The number of hydrogen-bond acceptors (Lipinski definition) is 9. The third kappa shape index (κ3) is 7.05. The molecule has 3 aromatic rings. The lowest BCUT2D eigenvalue weighted by molar-refractivity contribution is -0.137. The van der Waals surface area contributed by atoms with Crippen LogP contribution in [0.3, 0.4) is 0 Å². The van der Waals surface area contributed by atoms with Crippen molar-refractivity contribution in [3.8, 4) is 16.3 Å². The number of carbonyl (C=O) groups excluding carboxylic acids is 2. The van der Waals surface area contributed by atoms with E-state index in [4.69, 9.17) is 14.6 Å². The molecular weight excluding hydrogens is 450 g/mol. The number of carboxylic acids is 1. The smallest absolute Gasteiger partial charge is 0.322 e. The van der Waals surface area contributed by atoms with Gasteiger partial charge in [0.25, 0.3) is 5.91 Å². The molecule has 0 aliphatic rings. The van der Waals surface area contributed by atoms with Gasteiger partial charge in [-0.05, 0) is 24.3 Å². The number of nitrogens with one attached hydrogen (secondary N) is 2. The number of carboxylic acid groups (broad SMARTS) is 1. The van der Waals surface area contributed by atoms with Crippen LogP contribution in [0.2, 0.25) is 0 Å². The van der Waals surface area contributed by atoms with E-state index in [1.54, 1.807) is 36.8 Å². The Morgan fingerprint density at radius 1 is 1.15 bits per heavy atom. The Morgan fingerprint density at radius 3 is 2.73 bits per heavy atom. The molecule has 11 nitrogen and oxygen atoms in total. The number of amides is 2. The Hall–Kier alpha value is -3.90. The van der Waals surface area contributed by atoms with Gasteiger partial charge in [-0.25, -0.2) is 4.98 Å². The second-order valence-electron chi connectivity index (χ2n) is 6.63. The summed E-state index contributed by atoms with van der Waals surface area (Å²) in [6, 6.07) is 6.77. The van der Waals surface area contributed by atoms with Gasteiger partial charge in [-0.3, -0.25) is 14.4 Å². The second kappa shape index (κ2) is 11.6. The largest absolute Gasteiger partial charge is 0.489 e. The van der Waals surface area contributed by atoms with E-state index in [1.165, 1.54) is 23.7 Å². The minimum atomic E-state index is -1.12. The molecule has 0 atom stereocenters. The van der Waals surface area contributed by atoms with Crippen molar-refractivity contribution in [2.45, 2.75) is 6.42 Å². The van der Waals surface area contributed by atoms with E-state index >= 15 is 0 Å². The SMILES string of the molecule is COCCOc1ccc(-c2nc(CC(=O)NCC(=O)O)cs2)cc1NC(=O)c1ccnnc1. The monoisotopic (exact) mass is 471 g/mol. The van der Waals surface area contributed by atoms with Crippen LogP contribution in [0, 0.1) is 0 Å². The molecular formula is C21H21N5O6S. The van der Waals surface area contributed by atoms with Gasteiger partial charge in [0.2, 0.25) is 5.91 Å².